The van der Waals surface area contributed by atoms with Gasteiger partial charge in [0.2, 0.25) is 5.89 Å². The number of hydrogen-bond donors (Lipinski definition) is 0. The van der Waals surface area contributed by atoms with E-state index in [4.69, 9.17) is 14.0 Å². The molecule has 0 saturated heterocycles. The first-order valence-corrected chi connectivity index (χ1v) is 7.71. The molecule has 0 aliphatic heterocycles. The summed E-state index contributed by atoms with van der Waals surface area (Å²) in [5, 5.41) is 11.7. The Morgan fingerprint density at radius 3 is 2.72 bits per heavy atom. The SMILES string of the molecule is CCOc1ccccc1C=NOCc1nnc(-c2ccc(F)cc2)o1. The maximum Gasteiger partial charge on any atom is 0.257 e. The lowest BCUT2D eigenvalue weighted by atomic mass is 10.2. The van der Waals surface area contributed by atoms with Crippen LogP contribution in [-0.2, 0) is 11.4 Å². The van der Waals surface area contributed by atoms with Gasteiger partial charge in [-0.3, -0.25) is 0 Å². The number of para-hydroxylation sites is 1. The topological polar surface area (TPSA) is 69.7 Å². The van der Waals surface area contributed by atoms with E-state index in [1.807, 2.05) is 31.2 Å². The van der Waals surface area contributed by atoms with E-state index >= 15 is 0 Å². The Bertz CT molecular complexity index is 847. The first-order valence-electron chi connectivity index (χ1n) is 7.71. The molecule has 128 valence electrons. The van der Waals surface area contributed by atoms with Crippen LogP contribution in [0.1, 0.15) is 18.4 Å². The molecule has 7 heteroatoms. The number of benzene rings is 2. The second-order valence-electron chi connectivity index (χ2n) is 4.99. The first-order chi connectivity index (χ1) is 12.3. The molecule has 25 heavy (non-hydrogen) atoms. The van der Waals surface area contributed by atoms with Gasteiger partial charge in [0.25, 0.3) is 5.89 Å². The molecule has 2 aromatic carbocycles. The number of aromatic nitrogens is 2. The van der Waals surface area contributed by atoms with Gasteiger partial charge in [-0.1, -0.05) is 17.3 Å². The second-order valence-corrected chi connectivity index (χ2v) is 4.99. The number of nitrogens with zero attached hydrogens (tertiary/aromatic N) is 3. The molecule has 0 fully saturated rings. The Labute approximate surface area is 143 Å². The van der Waals surface area contributed by atoms with Crippen molar-refractivity contribution in [3.63, 3.8) is 0 Å². The summed E-state index contributed by atoms with van der Waals surface area (Å²) in [6.07, 6.45) is 1.56. The molecule has 3 aromatic rings. The summed E-state index contributed by atoms with van der Waals surface area (Å²) < 4.78 is 23.9. The van der Waals surface area contributed by atoms with Crippen molar-refractivity contribution in [3.8, 4) is 17.2 Å². The van der Waals surface area contributed by atoms with Crippen LogP contribution in [0.2, 0.25) is 0 Å². The van der Waals surface area contributed by atoms with Crippen LogP contribution in [0.3, 0.4) is 0 Å². The summed E-state index contributed by atoms with van der Waals surface area (Å²) >= 11 is 0. The van der Waals surface area contributed by atoms with E-state index in [1.165, 1.54) is 12.1 Å². The van der Waals surface area contributed by atoms with Crippen LogP contribution in [0.5, 0.6) is 5.75 Å². The van der Waals surface area contributed by atoms with Gasteiger partial charge in [-0.05, 0) is 43.3 Å². The molecule has 0 aliphatic rings. The predicted molar refractivity (Wildman–Crippen MR) is 89.7 cm³/mol. The van der Waals surface area contributed by atoms with E-state index in [-0.39, 0.29) is 18.3 Å². The van der Waals surface area contributed by atoms with Gasteiger partial charge in [-0.25, -0.2) is 4.39 Å². The average molecular weight is 341 g/mol. The minimum atomic E-state index is -0.325. The van der Waals surface area contributed by atoms with Gasteiger partial charge in [-0.2, -0.15) is 0 Å². The van der Waals surface area contributed by atoms with Gasteiger partial charge in [-0.15, -0.1) is 10.2 Å². The van der Waals surface area contributed by atoms with Crippen LogP contribution in [0.4, 0.5) is 4.39 Å². The third-order valence-corrected chi connectivity index (χ3v) is 3.23. The Hall–Kier alpha value is -3.22. The lowest BCUT2D eigenvalue weighted by molar-refractivity contribution is 0.112. The van der Waals surface area contributed by atoms with E-state index in [0.29, 0.717) is 18.1 Å². The van der Waals surface area contributed by atoms with Gasteiger partial charge >= 0.3 is 0 Å². The van der Waals surface area contributed by atoms with Gasteiger partial charge in [0, 0.05) is 11.1 Å². The maximum absolute atomic E-state index is 12.9. The Balaban J connectivity index is 1.59. The number of halogens is 1. The Kier molecular flexibility index (Phi) is 5.36. The van der Waals surface area contributed by atoms with E-state index in [9.17, 15) is 4.39 Å². The zero-order valence-corrected chi connectivity index (χ0v) is 13.6. The Morgan fingerprint density at radius 1 is 1.12 bits per heavy atom. The molecule has 0 spiro atoms. The molecule has 0 unspecified atom stereocenters. The predicted octanol–water partition coefficient (Wildman–Crippen LogP) is 3.83. The minimum absolute atomic E-state index is 0.0293. The van der Waals surface area contributed by atoms with Crippen LogP contribution < -0.4 is 4.74 Å². The summed E-state index contributed by atoms with van der Waals surface area (Å²) in [6.45, 7) is 2.51. The van der Waals surface area contributed by atoms with Crippen molar-refractivity contribution in [3.05, 3.63) is 65.8 Å². The third kappa shape index (κ3) is 4.41. The zero-order valence-electron chi connectivity index (χ0n) is 13.6. The molecular formula is C18H16FN3O3. The molecule has 0 radical (unpaired) electrons. The smallest absolute Gasteiger partial charge is 0.257 e. The van der Waals surface area contributed by atoms with Gasteiger partial charge < -0.3 is 14.0 Å². The fraction of sp³-hybridized carbons (Fsp3) is 0.167. The number of ether oxygens (including phenoxy) is 1. The van der Waals surface area contributed by atoms with Crippen molar-refractivity contribution in [2.75, 3.05) is 6.61 Å². The molecule has 0 amide bonds. The van der Waals surface area contributed by atoms with Gasteiger partial charge in [0.05, 0.1) is 12.8 Å². The number of oxime groups is 1. The summed E-state index contributed by atoms with van der Waals surface area (Å²) in [5.74, 6) is 0.973. The van der Waals surface area contributed by atoms with Crippen molar-refractivity contribution in [2.24, 2.45) is 5.16 Å². The summed E-state index contributed by atoms with van der Waals surface area (Å²) in [6, 6.07) is 13.3. The third-order valence-electron chi connectivity index (χ3n) is 3.23. The molecule has 0 aliphatic carbocycles. The summed E-state index contributed by atoms with van der Waals surface area (Å²) in [4.78, 5) is 5.18. The van der Waals surface area contributed by atoms with E-state index in [0.717, 1.165) is 11.3 Å². The molecule has 1 aromatic heterocycles. The highest BCUT2D eigenvalue weighted by atomic mass is 19.1. The molecule has 6 nitrogen and oxygen atoms in total. The molecule has 0 atom stereocenters. The maximum atomic E-state index is 12.9. The molecular weight excluding hydrogens is 325 g/mol. The van der Waals surface area contributed by atoms with Gasteiger partial charge in [0.15, 0.2) is 6.61 Å². The average Bonchev–Trinajstić information content (AvgIpc) is 3.10. The van der Waals surface area contributed by atoms with Crippen LogP contribution in [0, 0.1) is 5.82 Å². The van der Waals surface area contributed by atoms with Crippen LogP contribution in [-0.4, -0.2) is 23.0 Å². The fourth-order valence-electron chi connectivity index (χ4n) is 2.08. The van der Waals surface area contributed by atoms with E-state index in [1.54, 1.807) is 18.3 Å². The van der Waals surface area contributed by atoms with Crippen molar-refractivity contribution in [1.29, 1.82) is 0 Å². The van der Waals surface area contributed by atoms with Crippen LogP contribution in [0.25, 0.3) is 11.5 Å². The molecule has 3 rings (SSSR count). The van der Waals surface area contributed by atoms with E-state index < -0.39 is 0 Å². The largest absolute Gasteiger partial charge is 0.493 e. The quantitative estimate of drug-likeness (QED) is 0.482. The molecule has 1 heterocycles. The standard InChI is InChI=1S/C18H16FN3O3/c1-2-23-16-6-4-3-5-14(16)11-20-24-12-17-21-22-18(25-17)13-7-9-15(19)10-8-13/h3-11H,2,12H2,1H3. The number of hydrogen-bond acceptors (Lipinski definition) is 6. The highest BCUT2D eigenvalue weighted by Gasteiger charge is 2.09. The van der Waals surface area contributed by atoms with Gasteiger partial charge in [0.1, 0.15) is 11.6 Å². The van der Waals surface area contributed by atoms with Crippen LogP contribution >= 0.6 is 0 Å². The molecule has 0 saturated carbocycles. The lowest BCUT2D eigenvalue weighted by Gasteiger charge is -2.05. The number of rotatable bonds is 7. The van der Waals surface area contributed by atoms with Crippen LogP contribution in [0.15, 0.2) is 58.1 Å². The normalized spacial score (nSPS) is 11.0. The lowest BCUT2D eigenvalue weighted by Crippen LogP contribution is -1.96. The second kappa shape index (κ2) is 8.05. The molecule has 0 N–H and O–H groups in total. The van der Waals surface area contributed by atoms with Crippen molar-refractivity contribution < 1.29 is 18.4 Å². The fourth-order valence-corrected chi connectivity index (χ4v) is 2.08. The minimum Gasteiger partial charge on any atom is -0.493 e. The van der Waals surface area contributed by atoms with Crippen molar-refractivity contribution >= 4 is 6.21 Å². The molecule has 0 bridgehead atoms. The highest BCUT2D eigenvalue weighted by molar-refractivity contribution is 5.83. The monoisotopic (exact) mass is 341 g/mol. The van der Waals surface area contributed by atoms with Crippen molar-refractivity contribution in [1.82, 2.24) is 10.2 Å². The summed E-state index contributed by atoms with van der Waals surface area (Å²) in [5.41, 5.74) is 1.44. The summed E-state index contributed by atoms with van der Waals surface area (Å²) in [7, 11) is 0. The van der Waals surface area contributed by atoms with Crippen molar-refractivity contribution in [2.45, 2.75) is 13.5 Å². The highest BCUT2D eigenvalue weighted by Crippen LogP contribution is 2.18. The van der Waals surface area contributed by atoms with E-state index in [2.05, 4.69) is 15.4 Å². The zero-order chi connectivity index (χ0) is 17.5. The first kappa shape index (κ1) is 16.6. The Morgan fingerprint density at radius 2 is 1.92 bits per heavy atom.